The second-order valence-electron chi connectivity index (χ2n) is 6.10. The molecule has 21 heavy (non-hydrogen) atoms. The summed E-state index contributed by atoms with van der Waals surface area (Å²) in [6, 6.07) is 2.10. The molecule has 0 amide bonds. The summed E-state index contributed by atoms with van der Waals surface area (Å²) in [5, 5.41) is 21.1. The molecule has 4 nitrogen and oxygen atoms in total. The molecule has 3 N–H and O–H groups in total. The molecular weight excluding hydrogens is 282 g/mol. The predicted molar refractivity (Wildman–Crippen MR) is 89.7 cm³/mol. The Balaban J connectivity index is 1.91. The highest BCUT2D eigenvalue weighted by molar-refractivity contribution is 7.07. The highest BCUT2D eigenvalue weighted by atomic mass is 32.1. The minimum absolute atomic E-state index is 0.0448. The first-order chi connectivity index (χ1) is 10.1. The van der Waals surface area contributed by atoms with Gasteiger partial charge in [0.15, 0.2) is 5.96 Å². The maximum Gasteiger partial charge on any atom is 0.191 e. The Bertz CT molecular complexity index is 446. The van der Waals surface area contributed by atoms with Gasteiger partial charge in [-0.1, -0.05) is 19.8 Å². The lowest BCUT2D eigenvalue weighted by Crippen LogP contribution is -2.48. The average molecular weight is 309 g/mol. The molecule has 1 fully saturated rings. The molecule has 2 atom stereocenters. The third kappa shape index (κ3) is 4.71. The van der Waals surface area contributed by atoms with E-state index in [1.54, 1.807) is 11.3 Å². The van der Waals surface area contributed by atoms with Gasteiger partial charge in [-0.05, 0) is 42.2 Å². The zero-order valence-electron chi connectivity index (χ0n) is 13.1. The molecule has 5 heteroatoms. The molecule has 1 aliphatic carbocycles. The lowest BCUT2D eigenvalue weighted by molar-refractivity contribution is 0.00397. The van der Waals surface area contributed by atoms with Crippen molar-refractivity contribution >= 4 is 17.3 Å². The fraction of sp³-hybridized carbons (Fsp3) is 0.688. The molecule has 118 valence electrons. The number of aliphatic hydroxyl groups excluding tert-OH is 1. The summed E-state index contributed by atoms with van der Waals surface area (Å²) in [5.74, 6) is 0.836. The monoisotopic (exact) mass is 309 g/mol. The van der Waals surface area contributed by atoms with Gasteiger partial charge in [0, 0.05) is 18.5 Å². The number of guanidine groups is 1. The van der Waals surface area contributed by atoms with E-state index in [9.17, 15) is 5.11 Å². The number of aliphatic hydroxyl groups is 1. The molecule has 2 unspecified atom stereocenters. The average Bonchev–Trinajstić information content (AvgIpc) is 2.99. The molecule has 0 spiro atoms. The largest absolute Gasteiger partial charge is 0.392 e. The number of rotatable bonds is 5. The van der Waals surface area contributed by atoms with Crippen LogP contribution in [0.25, 0.3) is 0 Å². The summed E-state index contributed by atoms with van der Waals surface area (Å²) < 4.78 is 0. The highest BCUT2D eigenvalue weighted by Gasteiger charge is 2.35. The second-order valence-corrected chi connectivity index (χ2v) is 6.88. The topological polar surface area (TPSA) is 56.7 Å². The Labute approximate surface area is 131 Å². The van der Waals surface area contributed by atoms with Gasteiger partial charge in [-0.25, -0.2) is 4.99 Å². The van der Waals surface area contributed by atoms with Crippen LogP contribution < -0.4 is 10.6 Å². The number of thiophene rings is 1. The molecule has 1 aromatic rings. The molecule has 1 aliphatic rings. The van der Waals surface area contributed by atoms with Crippen molar-refractivity contribution in [1.29, 1.82) is 0 Å². The number of nitrogens with zero attached hydrogens (tertiary/aromatic N) is 1. The fourth-order valence-corrected chi connectivity index (χ4v) is 3.43. The van der Waals surface area contributed by atoms with Gasteiger partial charge in [0.25, 0.3) is 0 Å². The molecule has 0 radical (unpaired) electrons. The second kappa shape index (κ2) is 7.80. The van der Waals surface area contributed by atoms with Crippen molar-refractivity contribution < 1.29 is 5.11 Å². The van der Waals surface area contributed by atoms with Crippen LogP contribution in [0.4, 0.5) is 0 Å². The van der Waals surface area contributed by atoms with Crippen LogP contribution >= 0.6 is 11.3 Å². The first-order valence-corrected chi connectivity index (χ1v) is 8.79. The van der Waals surface area contributed by atoms with Crippen molar-refractivity contribution in [1.82, 2.24) is 10.6 Å². The van der Waals surface area contributed by atoms with E-state index in [0.717, 1.165) is 38.3 Å². The molecule has 0 aliphatic heterocycles. The van der Waals surface area contributed by atoms with Crippen LogP contribution in [0.3, 0.4) is 0 Å². The predicted octanol–water partition coefficient (Wildman–Crippen LogP) is 2.74. The smallest absolute Gasteiger partial charge is 0.191 e. The summed E-state index contributed by atoms with van der Waals surface area (Å²) in [5.41, 5.74) is 1.19. The SMILES string of the molecule is CCNC(=NCc1ccsc1)NCC1(C)CCCCC1O. The van der Waals surface area contributed by atoms with E-state index < -0.39 is 0 Å². The van der Waals surface area contributed by atoms with Crippen molar-refractivity contribution in [3.05, 3.63) is 22.4 Å². The molecule has 0 bridgehead atoms. The van der Waals surface area contributed by atoms with E-state index in [0.29, 0.717) is 6.54 Å². The maximum absolute atomic E-state index is 10.3. The van der Waals surface area contributed by atoms with Gasteiger partial charge in [0.2, 0.25) is 0 Å². The Morgan fingerprint density at radius 1 is 1.48 bits per heavy atom. The van der Waals surface area contributed by atoms with Gasteiger partial charge in [0.05, 0.1) is 12.6 Å². The van der Waals surface area contributed by atoms with E-state index in [2.05, 4.69) is 46.3 Å². The number of nitrogens with one attached hydrogen (secondary N) is 2. The van der Waals surface area contributed by atoms with Crippen LogP contribution in [0.5, 0.6) is 0 Å². The van der Waals surface area contributed by atoms with Gasteiger partial charge in [0.1, 0.15) is 0 Å². The summed E-state index contributed by atoms with van der Waals surface area (Å²) in [4.78, 5) is 4.62. The molecule has 1 aromatic heterocycles. The molecule has 0 aromatic carbocycles. The summed E-state index contributed by atoms with van der Waals surface area (Å²) in [7, 11) is 0. The molecule has 0 saturated heterocycles. The van der Waals surface area contributed by atoms with Crippen molar-refractivity contribution in [2.45, 2.75) is 52.2 Å². The van der Waals surface area contributed by atoms with E-state index in [1.807, 2.05) is 0 Å². The zero-order chi connectivity index (χ0) is 15.1. The molecule has 1 heterocycles. The third-order valence-electron chi connectivity index (χ3n) is 4.28. The van der Waals surface area contributed by atoms with Crippen molar-refractivity contribution in [2.75, 3.05) is 13.1 Å². The lowest BCUT2D eigenvalue weighted by Gasteiger charge is -2.38. The minimum Gasteiger partial charge on any atom is -0.392 e. The number of aliphatic imine (C=N–C) groups is 1. The minimum atomic E-state index is -0.210. The van der Waals surface area contributed by atoms with E-state index in [1.165, 1.54) is 12.0 Å². The Kier molecular flexibility index (Phi) is 6.06. The standard InChI is InChI=1S/C16H27N3OS/c1-3-17-15(18-10-13-7-9-21-11-13)19-12-16(2)8-5-4-6-14(16)20/h7,9,11,14,20H,3-6,8,10,12H2,1-2H3,(H2,17,18,19). The molecular formula is C16H27N3OS. The maximum atomic E-state index is 10.3. The van der Waals surface area contributed by atoms with Gasteiger partial charge >= 0.3 is 0 Å². The Morgan fingerprint density at radius 2 is 2.33 bits per heavy atom. The summed E-state index contributed by atoms with van der Waals surface area (Å²) >= 11 is 1.70. The van der Waals surface area contributed by atoms with Gasteiger partial charge in [-0.2, -0.15) is 11.3 Å². The van der Waals surface area contributed by atoms with Crippen molar-refractivity contribution in [3.63, 3.8) is 0 Å². The Hall–Kier alpha value is -1.07. The fourth-order valence-electron chi connectivity index (χ4n) is 2.77. The van der Waals surface area contributed by atoms with Crippen LogP contribution in [-0.4, -0.2) is 30.3 Å². The zero-order valence-corrected chi connectivity index (χ0v) is 13.9. The van der Waals surface area contributed by atoms with Crippen LogP contribution in [0, 0.1) is 5.41 Å². The Morgan fingerprint density at radius 3 is 3.00 bits per heavy atom. The van der Waals surface area contributed by atoms with Gasteiger partial charge in [-0.15, -0.1) is 0 Å². The van der Waals surface area contributed by atoms with Crippen molar-refractivity contribution in [2.24, 2.45) is 10.4 Å². The van der Waals surface area contributed by atoms with Gasteiger partial charge < -0.3 is 15.7 Å². The molecule has 2 rings (SSSR count). The number of hydrogen-bond acceptors (Lipinski definition) is 3. The quantitative estimate of drug-likeness (QED) is 0.579. The third-order valence-corrected chi connectivity index (χ3v) is 5.02. The first-order valence-electron chi connectivity index (χ1n) is 7.85. The first kappa shape index (κ1) is 16.3. The van der Waals surface area contributed by atoms with E-state index in [4.69, 9.17) is 0 Å². The van der Waals surface area contributed by atoms with Crippen LogP contribution in [0.2, 0.25) is 0 Å². The van der Waals surface area contributed by atoms with Crippen LogP contribution in [0.15, 0.2) is 21.8 Å². The number of hydrogen-bond donors (Lipinski definition) is 3. The van der Waals surface area contributed by atoms with Crippen molar-refractivity contribution in [3.8, 4) is 0 Å². The normalized spacial score (nSPS) is 26.6. The van der Waals surface area contributed by atoms with Gasteiger partial charge in [-0.3, -0.25) is 0 Å². The molecule has 1 saturated carbocycles. The summed E-state index contributed by atoms with van der Waals surface area (Å²) in [6.45, 7) is 6.54. The van der Waals surface area contributed by atoms with Crippen LogP contribution in [0.1, 0.15) is 45.1 Å². The lowest BCUT2D eigenvalue weighted by atomic mass is 9.73. The van der Waals surface area contributed by atoms with E-state index in [-0.39, 0.29) is 11.5 Å². The summed E-state index contributed by atoms with van der Waals surface area (Å²) in [6.07, 6.45) is 4.13. The van der Waals surface area contributed by atoms with Crippen LogP contribution in [-0.2, 0) is 6.54 Å². The van der Waals surface area contributed by atoms with E-state index >= 15 is 0 Å². The highest BCUT2D eigenvalue weighted by Crippen LogP contribution is 2.35.